The highest BCUT2D eigenvalue weighted by Gasteiger charge is 2.40. The number of piperidine rings is 1. The van der Waals surface area contributed by atoms with Crippen LogP contribution < -0.4 is 10.2 Å². The highest BCUT2D eigenvalue weighted by atomic mass is 19.1. The average molecular weight is 597 g/mol. The lowest BCUT2D eigenvalue weighted by Crippen LogP contribution is -2.46. The number of nitrogens with zero attached hydrogens (tertiary/aromatic N) is 3. The van der Waals surface area contributed by atoms with Crippen molar-refractivity contribution in [2.24, 2.45) is 5.92 Å². The lowest BCUT2D eigenvalue weighted by molar-refractivity contribution is -0.123. The highest BCUT2D eigenvalue weighted by molar-refractivity contribution is 5.98. The number of halogens is 1. The van der Waals surface area contributed by atoms with Gasteiger partial charge in [-0.3, -0.25) is 14.5 Å². The molecule has 0 unspecified atom stereocenters. The molecular formula is C37H45FN4O2. The molecular weight excluding hydrogens is 551 g/mol. The van der Waals surface area contributed by atoms with Crippen molar-refractivity contribution < 1.29 is 14.0 Å². The number of hydrogen-bond acceptors (Lipinski definition) is 4. The van der Waals surface area contributed by atoms with E-state index >= 15 is 4.39 Å². The molecule has 3 fully saturated rings. The molecule has 6 nitrogen and oxygen atoms in total. The highest BCUT2D eigenvalue weighted by Crippen LogP contribution is 2.39. The van der Waals surface area contributed by atoms with E-state index in [2.05, 4.69) is 65.4 Å². The summed E-state index contributed by atoms with van der Waals surface area (Å²) in [4.78, 5) is 34.8. The third-order valence-electron chi connectivity index (χ3n) is 9.99. The number of hydrogen-bond donors (Lipinski definition) is 1. The molecule has 0 aromatic heterocycles. The Bertz CT molecular complexity index is 1480. The maximum absolute atomic E-state index is 15.1. The molecule has 44 heavy (non-hydrogen) atoms. The van der Waals surface area contributed by atoms with E-state index in [1.165, 1.54) is 42.9 Å². The van der Waals surface area contributed by atoms with Gasteiger partial charge in [0.25, 0.3) is 5.91 Å². The van der Waals surface area contributed by atoms with Gasteiger partial charge in [0.15, 0.2) is 0 Å². The number of aryl methyl sites for hydroxylation is 2. The van der Waals surface area contributed by atoms with E-state index in [-0.39, 0.29) is 17.4 Å². The molecule has 0 spiro atoms. The fraction of sp³-hybridized carbons (Fsp3) is 0.459. The number of amides is 2. The molecule has 6 rings (SSSR count). The molecule has 3 heterocycles. The molecule has 3 aliphatic heterocycles. The van der Waals surface area contributed by atoms with Crippen molar-refractivity contribution in [1.29, 1.82) is 0 Å². The first kappa shape index (κ1) is 30.3. The minimum atomic E-state index is -0.524. The van der Waals surface area contributed by atoms with E-state index in [4.69, 9.17) is 0 Å². The lowest BCUT2D eigenvalue weighted by atomic mass is 9.83. The van der Waals surface area contributed by atoms with E-state index in [9.17, 15) is 9.59 Å². The molecule has 0 saturated carbocycles. The fourth-order valence-electron chi connectivity index (χ4n) is 7.46. The largest absolute Gasteiger partial charge is 0.371 e. The topological polar surface area (TPSA) is 55.9 Å². The molecule has 3 aromatic carbocycles. The predicted octanol–water partition coefficient (Wildman–Crippen LogP) is 7.26. The number of carbonyl (C=O) groups excluding carboxylic acids is 2. The standard InChI is InChI=1S/C37H45FN4O2/c1-25-13-18-30(23-33(25)40-19-4-5-20-40)39-36(43)31-11-8-22-42(37(44)34-26(2)9-6-12-32(34)38)35(31)29-16-14-28(15-17-29)24-41-21-7-10-27(41)3/h6,9,12-18,23,27,31,35H,4-5,7-8,10-11,19-22,24H2,1-3H3,(H,39,43)/t27-,31+,35+/m1/s1. The van der Waals surface area contributed by atoms with Crippen LogP contribution in [0.2, 0.25) is 0 Å². The van der Waals surface area contributed by atoms with Crippen molar-refractivity contribution in [1.82, 2.24) is 9.80 Å². The average Bonchev–Trinajstić information content (AvgIpc) is 3.70. The second-order valence-corrected chi connectivity index (χ2v) is 13.0. The SMILES string of the molecule is Cc1ccc(NC(=O)[C@H]2CCCN(C(=O)c3c(C)cccc3F)[C@H]2c2ccc(CN3CCC[C@H]3C)cc2)cc1N1CCCC1. The van der Waals surface area contributed by atoms with Crippen LogP contribution in [-0.4, -0.2) is 53.8 Å². The summed E-state index contributed by atoms with van der Waals surface area (Å²) in [5, 5.41) is 3.20. The van der Waals surface area contributed by atoms with E-state index in [1.54, 1.807) is 24.0 Å². The Morgan fingerprint density at radius 1 is 0.864 bits per heavy atom. The first-order valence-corrected chi connectivity index (χ1v) is 16.4. The number of likely N-dealkylation sites (tertiary alicyclic amines) is 2. The minimum Gasteiger partial charge on any atom is -0.371 e. The third kappa shape index (κ3) is 6.25. The Morgan fingerprint density at radius 2 is 1.61 bits per heavy atom. The second kappa shape index (κ2) is 13.1. The summed E-state index contributed by atoms with van der Waals surface area (Å²) in [5.74, 6) is -1.46. The molecule has 3 saturated heterocycles. The summed E-state index contributed by atoms with van der Waals surface area (Å²) in [7, 11) is 0. The van der Waals surface area contributed by atoms with E-state index in [0.29, 0.717) is 31.0 Å². The first-order chi connectivity index (χ1) is 21.3. The molecule has 3 atom stereocenters. The number of carbonyl (C=O) groups is 2. The minimum absolute atomic E-state index is 0.0898. The maximum atomic E-state index is 15.1. The molecule has 1 N–H and O–H groups in total. The molecule has 3 aliphatic rings. The Balaban J connectivity index is 1.30. The fourth-order valence-corrected chi connectivity index (χ4v) is 7.46. The number of nitrogens with one attached hydrogen (secondary N) is 1. The molecule has 232 valence electrons. The summed E-state index contributed by atoms with van der Waals surface area (Å²) in [6, 6.07) is 19.3. The van der Waals surface area contributed by atoms with Crippen molar-refractivity contribution in [2.75, 3.05) is 36.4 Å². The normalized spacial score (nSPS) is 22.4. The van der Waals surface area contributed by atoms with Crippen LogP contribution in [0.15, 0.2) is 60.7 Å². The molecule has 2 amide bonds. The van der Waals surface area contributed by atoms with Crippen LogP contribution in [0.25, 0.3) is 0 Å². The zero-order valence-electron chi connectivity index (χ0n) is 26.3. The van der Waals surface area contributed by atoms with Crippen molar-refractivity contribution in [2.45, 2.75) is 77.9 Å². The van der Waals surface area contributed by atoms with Gasteiger partial charge in [-0.2, -0.15) is 0 Å². The molecule has 3 aromatic rings. The van der Waals surface area contributed by atoms with Gasteiger partial charge in [-0.1, -0.05) is 42.5 Å². The summed E-state index contributed by atoms with van der Waals surface area (Å²) < 4.78 is 15.1. The van der Waals surface area contributed by atoms with Crippen LogP contribution in [0.4, 0.5) is 15.8 Å². The Labute approximate surface area is 261 Å². The molecule has 7 heteroatoms. The smallest absolute Gasteiger partial charge is 0.257 e. The summed E-state index contributed by atoms with van der Waals surface area (Å²) in [6.45, 7) is 10.7. The van der Waals surface area contributed by atoms with E-state index < -0.39 is 17.8 Å². The van der Waals surface area contributed by atoms with Crippen LogP contribution in [0, 0.1) is 25.6 Å². The van der Waals surface area contributed by atoms with Crippen molar-refractivity contribution >= 4 is 23.2 Å². The van der Waals surface area contributed by atoms with E-state index in [0.717, 1.165) is 43.1 Å². The van der Waals surface area contributed by atoms with Crippen LogP contribution in [-0.2, 0) is 11.3 Å². The summed E-state index contributed by atoms with van der Waals surface area (Å²) in [5.41, 5.74) is 5.95. The third-order valence-corrected chi connectivity index (χ3v) is 9.99. The van der Waals surface area contributed by atoms with Crippen molar-refractivity contribution in [3.05, 3.63) is 94.3 Å². The van der Waals surface area contributed by atoms with Crippen molar-refractivity contribution in [3.8, 4) is 0 Å². The Kier molecular flexibility index (Phi) is 9.03. The molecule has 0 bridgehead atoms. The summed E-state index contributed by atoms with van der Waals surface area (Å²) in [6.07, 6.45) is 6.14. The van der Waals surface area contributed by atoms with Crippen LogP contribution in [0.1, 0.15) is 84.1 Å². The monoisotopic (exact) mass is 596 g/mol. The Hall–Kier alpha value is -3.71. The zero-order valence-corrected chi connectivity index (χ0v) is 26.3. The maximum Gasteiger partial charge on any atom is 0.257 e. The van der Waals surface area contributed by atoms with E-state index in [1.807, 2.05) is 6.07 Å². The molecule has 0 radical (unpaired) electrons. The first-order valence-electron chi connectivity index (χ1n) is 16.4. The van der Waals surface area contributed by atoms with Gasteiger partial charge in [-0.25, -0.2) is 4.39 Å². The number of benzene rings is 3. The van der Waals surface area contributed by atoms with Gasteiger partial charge in [0, 0.05) is 43.6 Å². The van der Waals surface area contributed by atoms with Crippen LogP contribution >= 0.6 is 0 Å². The van der Waals surface area contributed by atoms with Gasteiger partial charge < -0.3 is 15.1 Å². The lowest BCUT2D eigenvalue weighted by Gasteiger charge is -2.41. The van der Waals surface area contributed by atoms with Gasteiger partial charge in [-0.15, -0.1) is 0 Å². The number of anilines is 2. The van der Waals surface area contributed by atoms with Crippen LogP contribution in [0.5, 0.6) is 0 Å². The zero-order chi connectivity index (χ0) is 30.8. The van der Waals surface area contributed by atoms with Gasteiger partial charge in [0.2, 0.25) is 5.91 Å². The van der Waals surface area contributed by atoms with Crippen LogP contribution in [0.3, 0.4) is 0 Å². The molecule has 0 aliphatic carbocycles. The number of rotatable bonds is 7. The quantitative estimate of drug-likeness (QED) is 0.312. The summed E-state index contributed by atoms with van der Waals surface area (Å²) >= 11 is 0. The van der Waals surface area contributed by atoms with Gasteiger partial charge in [0.1, 0.15) is 5.82 Å². The Morgan fingerprint density at radius 3 is 2.32 bits per heavy atom. The van der Waals surface area contributed by atoms with Gasteiger partial charge in [0.05, 0.1) is 17.5 Å². The van der Waals surface area contributed by atoms with Gasteiger partial charge in [-0.05, 0) is 106 Å². The van der Waals surface area contributed by atoms with Crippen molar-refractivity contribution in [3.63, 3.8) is 0 Å². The predicted molar refractivity (Wildman–Crippen MR) is 174 cm³/mol. The van der Waals surface area contributed by atoms with Gasteiger partial charge >= 0.3 is 0 Å². The second-order valence-electron chi connectivity index (χ2n) is 13.0.